The van der Waals surface area contributed by atoms with Crippen LogP contribution in [0.25, 0.3) is 0 Å². The van der Waals surface area contributed by atoms with E-state index in [0.717, 1.165) is 38.5 Å². The summed E-state index contributed by atoms with van der Waals surface area (Å²) in [5.41, 5.74) is -0.262. The van der Waals surface area contributed by atoms with Crippen molar-refractivity contribution in [2.24, 2.45) is 5.41 Å². The number of hydrogen-bond donors (Lipinski definition) is 0. The number of ether oxygens (including phenoxy) is 1. The monoisotopic (exact) mass is 382 g/mol. The van der Waals surface area contributed by atoms with Gasteiger partial charge in [-0.25, -0.2) is 0 Å². The molecule has 0 fully saturated rings. The lowest BCUT2D eigenvalue weighted by molar-refractivity contribution is -0.156. The molecule has 0 aromatic carbocycles. The topological polar surface area (TPSA) is 26.3 Å². The minimum Gasteiger partial charge on any atom is -0.465 e. The third kappa shape index (κ3) is 15.1. The van der Waals surface area contributed by atoms with E-state index in [1.165, 1.54) is 77.0 Å². The van der Waals surface area contributed by atoms with Crippen LogP contribution in [0.3, 0.4) is 0 Å². The fourth-order valence-corrected chi connectivity index (χ4v) is 3.77. The fourth-order valence-electron chi connectivity index (χ4n) is 3.77. The highest BCUT2D eigenvalue weighted by molar-refractivity contribution is 5.76. The Labute approximate surface area is 171 Å². The molecule has 1 unspecified atom stereocenters. The molecule has 0 rings (SSSR count). The summed E-state index contributed by atoms with van der Waals surface area (Å²) in [4.78, 5) is 12.7. The highest BCUT2D eigenvalue weighted by atomic mass is 16.5. The summed E-state index contributed by atoms with van der Waals surface area (Å²) in [7, 11) is 0. The third-order valence-electron chi connectivity index (χ3n) is 5.89. The highest BCUT2D eigenvalue weighted by Gasteiger charge is 2.33. The van der Waals surface area contributed by atoms with E-state index < -0.39 is 0 Å². The summed E-state index contributed by atoms with van der Waals surface area (Å²) in [5.74, 6) is 0.0587. The van der Waals surface area contributed by atoms with Crippen LogP contribution in [0.15, 0.2) is 0 Å². The SMILES string of the molecule is CCCCCCCCCCCCOC(=O)C(C)(CCCC)CCCCCC. The fraction of sp³-hybridized carbons (Fsp3) is 0.960. The molecule has 0 N–H and O–H groups in total. The molecule has 0 heterocycles. The first-order valence-electron chi connectivity index (χ1n) is 12.3. The number of carbonyl (C=O) groups is 1. The van der Waals surface area contributed by atoms with Crippen LogP contribution >= 0.6 is 0 Å². The van der Waals surface area contributed by atoms with Crippen LogP contribution in [0.5, 0.6) is 0 Å². The van der Waals surface area contributed by atoms with Crippen molar-refractivity contribution in [2.45, 2.75) is 143 Å². The zero-order valence-corrected chi connectivity index (χ0v) is 19.3. The first kappa shape index (κ1) is 26.5. The molecule has 0 bridgehead atoms. The van der Waals surface area contributed by atoms with E-state index in [4.69, 9.17) is 4.74 Å². The molecular weight excluding hydrogens is 332 g/mol. The van der Waals surface area contributed by atoms with Gasteiger partial charge in [0.15, 0.2) is 0 Å². The Balaban J connectivity index is 3.85. The molecule has 0 amide bonds. The summed E-state index contributed by atoms with van der Waals surface area (Å²) in [6, 6.07) is 0. The molecule has 0 aromatic rings. The van der Waals surface area contributed by atoms with E-state index in [9.17, 15) is 4.79 Å². The van der Waals surface area contributed by atoms with Crippen molar-refractivity contribution in [3.8, 4) is 0 Å². The number of rotatable bonds is 20. The zero-order chi connectivity index (χ0) is 20.2. The molecule has 0 saturated carbocycles. The molecule has 0 aromatic heterocycles. The molecule has 0 saturated heterocycles. The Bertz CT molecular complexity index is 326. The van der Waals surface area contributed by atoms with E-state index in [1.54, 1.807) is 0 Å². The predicted octanol–water partition coefficient (Wildman–Crippen LogP) is 8.62. The van der Waals surface area contributed by atoms with Crippen LogP contribution in [0, 0.1) is 5.41 Å². The van der Waals surface area contributed by atoms with Crippen LogP contribution in [0.4, 0.5) is 0 Å². The maximum absolute atomic E-state index is 12.7. The lowest BCUT2D eigenvalue weighted by atomic mass is 9.80. The van der Waals surface area contributed by atoms with Gasteiger partial charge in [0, 0.05) is 0 Å². The van der Waals surface area contributed by atoms with Crippen LogP contribution < -0.4 is 0 Å². The highest BCUT2D eigenvalue weighted by Crippen LogP contribution is 2.32. The standard InChI is InChI=1S/C25H50O2/c1-5-8-11-13-14-15-16-17-18-20-23-27-24(26)25(4,21-10-7-3)22-19-12-9-6-2/h5-23H2,1-4H3. The third-order valence-corrected chi connectivity index (χ3v) is 5.89. The molecule has 2 nitrogen and oxygen atoms in total. The molecular formula is C25H50O2. The van der Waals surface area contributed by atoms with Gasteiger partial charge in [0.2, 0.25) is 0 Å². The van der Waals surface area contributed by atoms with E-state index >= 15 is 0 Å². The Morgan fingerprint density at radius 2 is 1.00 bits per heavy atom. The van der Waals surface area contributed by atoms with Gasteiger partial charge in [0.1, 0.15) is 0 Å². The Morgan fingerprint density at radius 3 is 1.52 bits per heavy atom. The van der Waals surface area contributed by atoms with Crippen LogP contribution in [0.2, 0.25) is 0 Å². The maximum Gasteiger partial charge on any atom is 0.311 e. The molecule has 2 heteroatoms. The molecule has 0 aliphatic carbocycles. The second-order valence-electron chi connectivity index (χ2n) is 8.79. The summed E-state index contributed by atoms with van der Waals surface area (Å²) >= 11 is 0. The molecule has 0 aliphatic rings. The van der Waals surface area contributed by atoms with Crippen molar-refractivity contribution >= 4 is 5.97 Å². The first-order valence-corrected chi connectivity index (χ1v) is 12.3. The molecule has 162 valence electrons. The van der Waals surface area contributed by atoms with Gasteiger partial charge in [-0.2, -0.15) is 0 Å². The minimum absolute atomic E-state index is 0.0587. The smallest absolute Gasteiger partial charge is 0.311 e. The molecule has 0 aliphatic heterocycles. The van der Waals surface area contributed by atoms with Crippen LogP contribution in [0.1, 0.15) is 143 Å². The van der Waals surface area contributed by atoms with Crippen molar-refractivity contribution in [2.75, 3.05) is 6.61 Å². The van der Waals surface area contributed by atoms with Gasteiger partial charge in [-0.3, -0.25) is 4.79 Å². The summed E-state index contributed by atoms with van der Waals surface area (Å²) < 4.78 is 5.69. The van der Waals surface area contributed by atoms with E-state index in [0.29, 0.717) is 6.61 Å². The van der Waals surface area contributed by atoms with Gasteiger partial charge in [0.25, 0.3) is 0 Å². The summed E-state index contributed by atoms with van der Waals surface area (Å²) in [5, 5.41) is 0. The Kier molecular flexibility index (Phi) is 18.4. The maximum atomic E-state index is 12.7. The van der Waals surface area contributed by atoms with Crippen molar-refractivity contribution in [1.29, 1.82) is 0 Å². The van der Waals surface area contributed by atoms with Crippen molar-refractivity contribution < 1.29 is 9.53 Å². The Hall–Kier alpha value is -0.530. The molecule has 27 heavy (non-hydrogen) atoms. The normalized spacial score (nSPS) is 13.5. The van der Waals surface area contributed by atoms with E-state index in [2.05, 4.69) is 27.7 Å². The lowest BCUT2D eigenvalue weighted by Crippen LogP contribution is -2.30. The van der Waals surface area contributed by atoms with Gasteiger partial charge in [-0.1, -0.05) is 117 Å². The molecule has 0 radical (unpaired) electrons. The van der Waals surface area contributed by atoms with Gasteiger partial charge >= 0.3 is 5.97 Å². The van der Waals surface area contributed by atoms with E-state index in [-0.39, 0.29) is 11.4 Å². The Morgan fingerprint density at radius 1 is 0.593 bits per heavy atom. The quantitative estimate of drug-likeness (QED) is 0.155. The second-order valence-corrected chi connectivity index (χ2v) is 8.79. The average Bonchev–Trinajstić information content (AvgIpc) is 2.67. The summed E-state index contributed by atoms with van der Waals surface area (Å²) in [6.07, 6.45) is 22.3. The second kappa shape index (κ2) is 18.8. The zero-order valence-electron chi connectivity index (χ0n) is 19.3. The lowest BCUT2D eigenvalue weighted by Gasteiger charge is -2.27. The molecule has 1 atom stereocenters. The van der Waals surface area contributed by atoms with Gasteiger partial charge in [0.05, 0.1) is 12.0 Å². The van der Waals surface area contributed by atoms with Gasteiger partial charge < -0.3 is 4.74 Å². The van der Waals surface area contributed by atoms with Crippen molar-refractivity contribution in [3.05, 3.63) is 0 Å². The first-order chi connectivity index (χ1) is 13.1. The minimum atomic E-state index is -0.262. The average molecular weight is 383 g/mol. The van der Waals surface area contributed by atoms with Gasteiger partial charge in [-0.15, -0.1) is 0 Å². The number of esters is 1. The largest absolute Gasteiger partial charge is 0.465 e. The predicted molar refractivity (Wildman–Crippen MR) is 119 cm³/mol. The van der Waals surface area contributed by atoms with Crippen LogP contribution in [-0.2, 0) is 9.53 Å². The summed E-state index contributed by atoms with van der Waals surface area (Å²) in [6.45, 7) is 9.46. The number of carbonyl (C=O) groups excluding carboxylic acids is 1. The molecule has 0 spiro atoms. The van der Waals surface area contributed by atoms with Crippen LogP contribution in [-0.4, -0.2) is 12.6 Å². The van der Waals surface area contributed by atoms with Gasteiger partial charge in [-0.05, 0) is 26.2 Å². The van der Waals surface area contributed by atoms with Crippen molar-refractivity contribution in [1.82, 2.24) is 0 Å². The number of unbranched alkanes of at least 4 members (excludes halogenated alkanes) is 13. The van der Waals surface area contributed by atoms with Crippen molar-refractivity contribution in [3.63, 3.8) is 0 Å². The number of hydrogen-bond acceptors (Lipinski definition) is 2. The van der Waals surface area contributed by atoms with E-state index in [1.807, 2.05) is 0 Å².